The van der Waals surface area contributed by atoms with Gasteiger partial charge in [0.2, 0.25) is 0 Å². The molecular formula is C19H34ClN5. The molecule has 1 aromatic rings. The number of aromatic nitrogens is 2. The molecule has 6 heteroatoms. The van der Waals surface area contributed by atoms with E-state index in [9.17, 15) is 0 Å². The number of hydrogen-bond donors (Lipinski definition) is 1. The average Bonchev–Trinajstić information content (AvgIpc) is 3.23. The minimum atomic E-state index is 0. The van der Waals surface area contributed by atoms with Gasteiger partial charge in [-0.2, -0.15) is 5.10 Å². The largest absolute Gasteiger partial charge is 0.314 e. The van der Waals surface area contributed by atoms with Crippen molar-refractivity contribution in [2.24, 2.45) is 7.05 Å². The maximum absolute atomic E-state index is 4.86. The van der Waals surface area contributed by atoms with Gasteiger partial charge in [0.05, 0.1) is 5.69 Å². The van der Waals surface area contributed by atoms with E-state index in [4.69, 9.17) is 5.10 Å². The normalized spacial score (nSPS) is 26.7. The highest BCUT2D eigenvalue weighted by Crippen LogP contribution is 2.34. The Labute approximate surface area is 158 Å². The Kier molecular flexibility index (Phi) is 6.78. The fourth-order valence-corrected chi connectivity index (χ4v) is 4.94. The molecule has 1 aromatic heterocycles. The van der Waals surface area contributed by atoms with E-state index in [2.05, 4.69) is 28.4 Å². The van der Waals surface area contributed by atoms with Gasteiger partial charge in [0.25, 0.3) is 0 Å². The van der Waals surface area contributed by atoms with Crippen LogP contribution in [0.15, 0.2) is 6.20 Å². The third kappa shape index (κ3) is 4.57. The van der Waals surface area contributed by atoms with Crippen molar-refractivity contribution in [2.45, 2.75) is 57.0 Å². The summed E-state index contributed by atoms with van der Waals surface area (Å²) in [5.41, 5.74) is 2.90. The molecule has 5 nitrogen and oxygen atoms in total. The number of aryl methyl sites for hydroxylation is 1. The molecule has 0 bridgehead atoms. The maximum Gasteiger partial charge on any atom is 0.0700 e. The molecule has 1 atom stereocenters. The number of hydrogen-bond acceptors (Lipinski definition) is 4. The van der Waals surface area contributed by atoms with E-state index in [1.54, 1.807) is 0 Å². The third-order valence-corrected chi connectivity index (χ3v) is 6.24. The molecule has 0 amide bonds. The second kappa shape index (κ2) is 8.85. The van der Waals surface area contributed by atoms with Crippen LogP contribution in [0.25, 0.3) is 0 Å². The second-order valence-corrected chi connectivity index (χ2v) is 8.01. The summed E-state index contributed by atoms with van der Waals surface area (Å²) in [6.45, 7) is 8.34. The van der Waals surface area contributed by atoms with Crippen LogP contribution in [0.2, 0.25) is 0 Å². The van der Waals surface area contributed by atoms with Gasteiger partial charge in [0, 0.05) is 76.6 Å². The van der Waals surface area contributed by atoms with E-state index in [1.165, 1.54) is 76.0 Å². The first kappa shape index (κ1) is 19.2. The van der Waals surface area contributed by atoms with Crippen LogP contribution in [-0.2, 0) is 13.6 Å². The Morgan fingerprint density at radius 2 is 1.84 bits per heavy atom. The molecular weight excluding hydrogens is 334 g/mol. The molecule has 1 aliphatic carbocycles. The van der Waals surface area contributed by atoms with Gasteiger partial charge in [0.1, 0.15) is 0 Å². The zero-order valence-electron chi connectivity index (χ0n) is 15.6. The quantitative estimate of drug-likeness (QED) is 0.886. The van der Waals surface area contributed by atoms with E-state index in [0.717, 1.165) is 25.7 Å². The van der Waals surface area contributed by atoms with E-state index in [-0.39, 0.29) is 12.4 Å². The van der Waals surface area contributed by atoms with Crippen molar-refractivity contribution in [3.8, 4) is 0 Å². The summed E-state index contributed by atoms with van der Waals surface area (Å²) in [5.74, 6) is 0.710. The van der Waals surface area contributed by atoms with Gasteiger partial charge in [-0.3, -0.25) is 14.5 Å². The van der Waals surface area contributed by atoms with Crippen molar-refractivity contribution >= 4 is 12.4 Å². The molecule has 3 heterocycles. The van der Waals surface area contributed by atoms with Crippen molar-refractivity contribution in [2.75, 3.05) is 39.3 Å². The molecule has 0 aromatic carbocycles. The molecule has 3 fully saturated rings. The molecule has 0 radical (unpaired) electrons. The Bertz CT molecular complexity index is 534. The van der Waals surface area contributed by atoms with Crippen molar-refractivity contribution in [3.05, 3.63) is 17.5 Å². The van der Waals surface area contributed by atoms with Gasteiger partial charge < -0.3 is 5.32 Å². The highest BCUT2D eigenvalue weighted by Gasteiger charge is 2.30. The molecule has 3 aliphatic rings. The van der Waals surface area contributed by atoms with E-state index in [1.807, 2.05) is 4.68 Å². The van der Waals surface area contributed by atoms with Crippen LogP contribution in [0.3, 0.4) is 0 Å². The van der Waals surface area contributed by atoms with E-state index < -0.39 is 0 Å². The SMILES string of the molecule is Cl.Cn1cc(CN2CCC(N3CCNCC3)C2)c(C2CCCCC2)n1. The molecule has 1 N–H and O–H groups in total. The van der Waals surface area contributed by atoms with Crippen LogP contribution in [-0.4, -0.2) is 64.9 Å². The van der Waals surface area contributed by atoms with Crippen LogP contribution in [0.1, 0.15) is 55.7 Å². The Morgan fingerprint density at radius 3 is 2.60 bits per heavy atom. The lowest BCUT2D eigenvalue weighted by atomic mass is 9.85. The zero-order valence-corrected chi connectivity index (χ0v) is 16.4. The lowest BCUT2D eigenvalue weighted by Crippen LogP contribution is -2.49. The van der Waals surface area contributed by atoms with Crippen LogP contribution in [0.5, 0.6) is 0 Å². The van der Waals surface area contributed by atoms with Crippen molar-refractivity contribution in [1.29, 1.82) is 0 Å². The standard InChI is InChI=1S/C19H33N5.ClH/c1-22-13-17(19(21-22)16-5-3-2-4-6-16)14-23-10-7-18(15-23)24-11-8-20-9-12-24;/h13,16,18,20H,2-12,14-15H2,1H3;1H. The first-order valence-electron chi connectivity index (χ1n) is 9.99. The molecule has 1 unspecified atom stereocenters. The molecule has 2 saturated heterocycles. The van der Waals surface area contributed by atoms with E-state index >= 15 is 0 Å². The Balaban J connectivity index is 0.00000182. The van der Waals surface area contributed by atoms with Gasteiger partial charge in [0.15, 0.2) is 0 Å². The van der Waals surface area contributed by atoms with Gasteiger partial charge in [-0.15, -0.1) is 12.4 Å². The predicted octanol–water partition coefficient (Wildman–Crippen LogP) is 2.37. The van der Waals surface area contributed by atoms with Gasteiger partial charge in [-0.05, 0) is 19.3 Å². The third-order valence-electron chi connectivity index (χ3n) is 6.24. The number of piperazine rings is 1. The van der Waals surface area contributed by atoms with E-state index in [0.29, 0.717) is 5.92 Å². The summed E-state index contributed by atoms with van der Waals surface area (Å²) in [5, 5.41) is 8.33. The summed E-state index contributed by atoms with van der Waals surface area (Å²) < 4.78 is 2.04. The molecule has 4 rings (SSSR count). The van der Waals surface area contributed by atoms with Crippen molar-refractivity contribution in [1.82, 2.24) is 24.9 Å². The van der Waals surface area contributed by atoms with Gasteiger partial charge in [-0.25, -0.2) is 0 Å². The van der Waals surface area contributed by atoms with Crippen molar-refractivity contribution in [3.63, 3.8) is 0 Å². The first-order valence-corrected chi connectivity index (χ1v) is 9.99. The Hall–Kier alpha value is -0.620. The Morgan fingerprint density at radius 1 is 1.08 bits per heavy atom. The summed E-state index contributed by atoms with van der Waals surface area (Å²) in [7, 11) is 2.09. The fourth-order valence-electron chi connectivity index (χ4n) is 4.94. The maximum atomic E-state index is 4.86. The summed E-state index contributed by atoms with van der Waals surface area (Å²) in [6.07, 6.45) is 10.5. The fraction of sp³-hybridized carbons (Fsp3) is 0.842. The molecule has 25 heavy (non-hydrogen) atoms. The lowest BCUT2D eigenvalue weighted by Gasteiger charge is -2.32. The topological polar surface area (TPSA) is 36.3 Å². The van der Waals surface area contributed by atoms with Gasteiger partial charge >= 0.3 is 0 Å². The zero-order chi connectivity index (χ0) is 16.4. The molecule has 142 valence electrons. The highest BCUT2D eigenvalue weighted by atomic mass is 35.5. The predicted molar refractivity (Wildman–Crippen MR) is 104 cm³/mol. The van der Waals surface area contributed by atoms with Crippen LogP contribution >= 0.6 is 12.4 Å². The lowest BCUT2D eigenvalue weighted by molar-refractivity contribution is 0.170. The summed E-state index contributed by atoms with van der Waals surface area (Å²) in [6, 6.07) is 0.766. The number of halogens is 1. The van der Waals surface area contributed by atoms with Crippen molar-refractivity contribution < 1.29 is 0 Å². The van der Waals surface area contributed by atoms with Gasteiger partial charge in [-0.1, -0.05) is 19.3 Å². The number of nitrogens with zero attached hydrogens (tertiary/aromatic N) is 4. The number of rotatable bonds is 4. The summed E-state index contributed by atoms with van der Waals surface area (Å²) >= 11 is 0. The number of likely N-dealkylation sites (tertiary alicyclic amines) is 1. The van der Waals surface area contributed by atoms with Crippen LogP contribution < -0.4 is 5.32 Å². The minimum Gasteiger partial charge on any atom is -0.314 e. The smallest absolute Gasteiger partial charge is 0.0700 e. The molecule has 2 aliphatic heterocycles. The molecule has 0 spiro atoms. The average molecular weight is 368 g/mol. The van der Waals surface area contributed by atoms with Crippen LogP contribution in [0.4, 0.5) is 0 Å². The summed E-state index contributed by atoms with van der Waals surface area (Å²) in [4.78, 5) is 5.36. The minimum absolute atomic E-state index is 0. The van der Waals surface area contributed by atoms with Crippen LogP contribution in [0, 0.1) is 0 Å². The first-order chi connectivity index (χ1) is 11.8. The monoisotopic (exact) mass is 367 g/mol. The number of nitrogens with one attached hydrogen (secondary N) is 1. The second-order valence-electron chi connectivity index (χ2n) is 8.01. The molecule has 1 saturated carbocycles. The highest BCUT2D eigenvalue weighted by molar-refractivity contribution is 5.85.